The van der Waals surface area contributed by atoms with Gasteiger partial charge in [0, 0.05) is 42.6 Å². The molecule has 310 valence electrons. The van der Waals surface area contributed by atoms with Crippen LogP contribution in [0.4, 0.5) is 15.3 Å². The summed E-state index contributed by atoms with van der Waals surface area (Å²) in [6.07, 6.45) is -0.152. The van der Waals surface area contributed by atoms with E-state index >= 15 is 0 Å². The maximum absolute atomic E-state index is 14.3. The van der Waals surface area contributed by atoms with Crippen molar-refractivity contribution in [2.24, 2.45) is 0 Å². The number of ether oxygens (including phenoxy) is 2. The normalized spacial score (nSPS) is 13.0. The zero-order chi connectivity index (χ0) is 42.5. The molecule has 4 rings (SSSR count). The summed E-state index contributed by atoms with van der Waals surface area (Å²) in [4.78, 5) is 79.4. The van der Waals surface area contributed by atoms with Crippen LogP contribution in [0.5, 0.6) is 0 Å². The summed E-state index contributed by atoms with van der Waals surface area (Å²) in [6, 6.07) is 21.1. The van der Waals surface area contributed by atoms with Gasteiger partial charge in [-0.15, -0.1) is 0 Å². The average Bonchev–Trinajstić information content (AvgIpc) is 3.12. The monoisotopic (exact) mass is 797 g/mol. The molecule has 0 radical (unpaired) electrons. The van der Waals surface area contributed by atoms with Gasteiger partial charge in [0.05, 0.1) is 0 Å². The average molecular weight is 798 g/mol. The molecule has 0 unspecified atom stereocenters. The summed E-state index contributed by atoms with van der Waals surface area (Å²) >= 11 is 0. The number of unbranched alkanes of at least 4 members (excludes halogenated alkanes) is 1. The van der Waals surface area contributed by atoms with Crippen molar-refractivity contribution in [2.75, 3.05) is 11.9 Å². The Morgan fingerprint density at radius 2 is 1.17 bits per heavy atom. The number of nitrogens with one attached hydrogen (secondary N) is 5. The van der Waals surface area contributed by atoms with Crippen LogP contribution < -0.4 is 32.2 Å². The highest BCUT2D eigenvalue weighted by atomic mass is 16.6. The Kier molecular flexibility index (Phi) is 15.6. The Morgan fingerprint density at radius 3 is 1.74 bits per heavy atom. The Balaban J connectivity index is 1.57. The topological polar surface area (TPSA) is 194 Å². The van der Waals surface area contributed by atoms with Crippen molar-refractivity contribution in [3.63, 3.8) is 0 Å². The van der Waals surface area contributed by atoms with E-state index in [2.05, 4.69) is 26.6 Å². The molecule has 3 atom stereocenters. The predicted octanol–water partition coefficient (Wildman–Crippen LogP) is 6.08. The summed E-state index contributed by atoms with van der Waals surface area (Å²) in [5, 5.41) is 14.6. The number of rotatable bonds is 16. The van der Waals surface area contributed by atoms with Gasteiger partial charge in [0.25, 0.3) is 0 Å². The molecule has 58 heavy (non-hydrogen) atoms. The van der Waals surface area contributed by atoms with Crippen LogP contribution in [0.1, 0.15) is 77.5 Å². The number of hydrogen-bond donors (Lipinski definition) is 5. The van der Waals surface area contributed by atoms with E-state index in [-0.39, 0.29) is 31.4 Å². The fourth-order valence-corrected chi connectivity index (χ4v) is 5.99. The van der Waals surface area contributed by atoms with E-state index in [1.54, 1.807) is 60.6 Å². The van der Waals surface area contributed by atoms with Gasteiger partial charge in [-0.05, 0) is 96.6 Å². The maximum atomic E-state index is 14.3. The van der Waals surface area contributed by atoms with E-state index in [1.807, 2.05) is 60.7 Å². The van der Waals surface area contributed by atoms with Gasteiger partial charge in [-0.25, -0.2) is 14.4 Å². The molecule has 0 aliphatic heterocycles. The van der Waals surface area contributed by atoms with Crippen molar-refractivity contribution in [1.29, 1.82) is 0 Å². The zero-order valence-corrected chi connectivity index (χ0v) is 34.2. The van der Waals surface area contributed by atoms with Gasteiger partial charge in [0.1, 0.15) is 34.9 Å². The molecule has 3 aromatic carbocycles. The first-order chi connectivity index (χ1) is 27.3. The van der Waals surface area contributed by atoms with Crippen LogP contribution in [0.25, 0.3) is 11.0 Å². The second-order valence-corrected chi connectivity index (χ2v) is 16.1. The molecule has 0 aliphatic carbocycles. The van der Waals surface area contributed by atoms with Gasteiger partial charge in [-0.1, -0.05) is 60.7 Å². The van der Waals surface area contributed by atoms with Gasteiger partial charge in [0.15, 0.2) is 0 Å². The largest absolute Gasteiger partial charge is 0.444 e. The molecule has 0 aliphatic rings. The van der Waals surface area contributed by atoms with Gasteiger partial charge >= 0.3 is 17.8 Å². The lowest BCUT2D eigenvalue weighted by atomic mass is 10.0. The van der Waals surface area contributed by atoms with Crippen molar-refractivity contribution in [3.05, 3.63) is 112 Å². The number of benzene rings is 3. The minimum atomic E-state index is -1.17. The van der Waals surface area contributed by atoms with Gasteiger partial charge < -0.3 is 40.5 Å². The standard InChI is InChI=1S/C44H55N5O9/c1-28-24-37(50)56-36-27-31(21-22-32(28)36)46-38(51)33(20-14-15-23-45-41(54)57-43(2,3)4)47-39(52)34(25-29-16-10-8-11-17-29)48-40(53)35(26-30-18-12-9-13-19-30)49-42(55)58-44(5,6)7/h8-13,16-19,21-22,24,27,33-35H,14-15,20,23,25-26H2,1-7H3,(H,45,54)(H,46,51)(H,47,52)(H,48,53)(H,49,55)/t33-,34-,35-/m0/s1. The van der Waals surface area contributed by atoms with Crippen molar-refractivity contribution < 1.29 is 37.9 Å². The van der Waals surface area contributed by atoms with Crippen molar-refractivity contribution >= 4 is 46.6 Å². The molecule has 0 bridgehead atoms. The zero-order valence-electron chi connectivity index (χ0n) is 34.2. The van der Waals surface area contributed by atoms with Crippen LogP contribution in [0.15, 0.2) is 94.1 Å². The van der Waals surface area contributed by atoms with Gasteiger partial charge in [-0.2, -0.15) is 0 Å². The lowest BCUT2D eigenvalue weighted by molar-refractivity contribution is -0.131. The smallest absolute Gasteiger partial charge is 0.408 e. The number of anilines is 1. The van der Waals surface area contributed by atoms with Gasteiger partial charge in [-0.3, -0.25) is 14.4 Å². The van der Waals surface area contributed by atoms with E-state index in [4.69, 9.17) is 13.9 Å². The number of carbonyl (C=O) groups is 5. The molecule has 0 spiro atoms. The molecule has 0 saturated heterocycles. The van der Waals surface area contributed by atoms with E-state index in [1.165, 1.54) is 12.1 Å². The minimum absolute atomic E-state index is 0.0696. The third-order valence-corrected chi connectivity index (χ3v) is 8.65. The third-order valence-electron chi connectivity index (χ3n) is 8.65. The van der Waals surface area contributed by atoms with E-state index in [9.17, 15) is 28.8 Å². The molecule has 0 saturated carbocycles. The molecule has 5 N–H and O–H groups in total. The summed E-state index contributed by atoms with van der Waals surface area (Å²) in [5.74, 6) is -1.82. The van der Waals surface area contributed by atoms with Crippen LogP contribution in [-0.2, 0) is 36.7 Å². The highest BCUT2D eigenvalue weighted by Crippen LogP contribution is 2.21. The summed E-state index contributed by atoms with van der Waals surface area (Å²) in [6.45, 7) is 12.5. The summed E-state index contributed by atoms with van der Waals surface area (Å²) < 4.78 is 16.1. The van der Waals surface area contributed by atoms with Crippen LogP contribution >= 0.6 is 0 Å². The van der Waals surface area contributed by atoms with E-state index < -0.39 is 64.9 Å². The molecule has 0 fully saturated rings. The first kappa shape index (κ1) is 44.5. The van der Waals surface area contributed by atoms with E-state index in [0.29, 0.717) is 29.5 Å². The Hall–Kier alpha value is -6.18. The molecule has 14 nitrogen and oxygen atoms in total. The van der Waals surface area contributed by atoms with Crippen LogP contribution in [0.2, 0.25) is 0 Å². The molecule has 4 aromatic rings. The van der Waals surface area contributed by atoms with Crippen molar-refractivity contribution in [1.82, 2.24) is 21.3 Å². The quantitative estimate of drug-likeness (QED) is 0.0660. The second-order valence-electron chi connectivity index (χ2n) is 16.1. The number of carbonyl (C=O) groups excluding carboxylic acids is 5. The third kappa shape index (κ3) is 15.1. The summed E-state index contributed by atoms with van der Waals surface area (Å²) in [5.41, 5.74) is 0.823. The number of hydrogen-bond acceptors (Lipinski definition) is 9. The Labute approximate surface area is 338 Å². The van der Waals surface area contributed by atoms with Crippen LogP contribution in [0, 0.1) is 6.92 Å². The molecular formula is C44H55N5O9. The molecule has 5 amide bonds. The van der Waals surface area contributed by atoms with Crippen molar-refractivity contribution in [2.45, 2.75) is 110 Å². The van der Waals surface area contributed by atoms with Crippen molar-refractivity contribution in [3.8, 4) is 0 Å². The lowest BCUT2D eigenvalue weighted by Crippen LogP contribution is -2.57. The SMILES string of the molecule is Cc1cc(=O)oc2cc(NC(=O)[C@H](CCCCNC(=O)OC(C)(C)C)NC(=O)[C@H](Cc3ccccc3)NC(=O)[C@H](Cc3ccccc3)NC(=O)OC(C)(C)C)ccc12. The fourth-order valence-electron chi connectivity index (χ4n) is 5.99. The fraction of sp³-hybridized carbons (Fsp3) is 0.409. The number of amides is 5. The molecule has 1 aromatic heterocycles. The van der Waals surface area contributed by atoms with Crippen LogP contribution in [0.3, 0.4) is 0 Å². The molecule has 1 heterocycles. The highest BCUT2D eigenvalue weighted by Gasteiger charge is 2.31. The number of alkyl carbamates (subject to hydrolysis) is 2. The maximum Gasteiger partial charge on any atom is 0.408 e. The summed E-state index contributed by atoms with van der Waals surface area (Å²) in [7, 11) is 0. The Bertz CT molecular complexity index is 2090. The number of aryl methyl sites for hydroxylation is 1. The highest BCUT2D eigenvalue weighted by molar-refractivity contribution is 6.00. The number of fused-ring (bicyclic) bond motifs is 1. The minimum Gasteiger partial charge on any atom is -0.444 e. The predicted molar refractivity (Wildman–Crippen MR) is 221 cm³/mol. The van der Waals surface area contributed by atoms with Gasteiger partial charge in [0.2, 0.25) is 17.7 Å². The second kappa shape index (κ2) is 20.3. The first-order valence-electron chi connectivity index (χ1n) is 19.4. The van der Waals surface area contributed by atoms with Crippen LogP contribution in [-0.4, -0.2) is 65.8 Å². The lowest BCUT2D eigenvalue weighted by Gasteiger charge is -2.27. The molecule has 14 heteroatoms. The molecular weight excluding hydrogens is 743 g/mol. The Morgan fingerprint density at radius 1 is 0.638 bits per heavy atom. The first-order valence-corrected chi connectivity index (χ1v) is 19.4. The van der Waals surface area contributed by atoms with E-state index in [0.717, 1.165) is 11.1 Å².